The van der Waals surface area contributed by atoms with Crippen LogP contribution in [0.2, 0.25) is 0 Å². The zero-order valence-corrected chi connectivity index (χ0v) is 10.1. The molecule has 2 fully saturated rings. The molecule has 17 heavy (non-hydrogen) atoms. The molecule has 0 aromatic carbocycles. The molecule has 2 rings (SSSR count). The first-order valence-corrected chi connectivity index (χ1v) is 6.14. The third kappa shape index (κ3) is 2.36. The smallest absolute Gasteiger partial charge is 0.320 e. The Kier molecular flexibility index (Phi) is 3.51. The second kappa shape index (κ2) is 4.91. The van der Waals surface area contributed by atoms with Crippen LogP contribution in [-0.2, 0) is 4.79 Å². The third-order valence-electron chi connectivity index (χ3n) is 3.55. The molecule has 2 heterocycles. The maximum absolute atomic E-state index is 11.4. The second-order valence-corrected chi connectivity index (χ2v) is 4.67. The van der Waals surface area contributed by atoms with Crippen LogP contribution in [0.4, 0.5) is 4.79 Å². The van der Waals surface area contributed by atoms with Gasteiger partial charge in [-0.25, -0.2) is 4.79 Å². The Bertz CT molecular complexity index is 321. The maximum Gasteiger partial charge on any atom is 0.320 e. The van der Waals surface area contributed by atoms with E-state index in [9.17, 15) is 14.7 Å². The summed E-state index contributed by atoms with van der Waals surface area (Å²) in [4.78, 5) is 26.4. The number of nitrogens with one attached hydrogen (secondary N) is 1. The van der Waals surface area contributed by atoms with Crippen LogP contribution in [0.1, 0.15) is 19.8 Å². The summed E-state index contributed by atoms with van der Waals surface area (Å²) in [5, 5.41) is 12.0. The van der Waals surface area contributed by atoms with Crippen molar-refractivity contribution < 1.29 is 14.7 Å². The fourth-order valence-electron chi connectivity index (χ4n) is 2.65. The minimum atomic E-state index is -0.752. The minimum absolute atomic E-state index is 0.0167. The van der Waals surface area contributed by atoms with Crippen LogP contribution in [-0.4, -0.2) is 65.2 Å². The Balaban J connectivity index is 1.99. The van der Waals surface area contributed by atoms with E-state index in [0.717, 1.165) is 6.42 Å². The molecule has 0 aliphatic carbocycles. The molecule has 96 valence electrons. The molecule has 6 heteroatoms. The van der Waals surface area contributed by atoms with Gasteiger partial charge in [0.2, 0.25) is 0 Å². The first kappa shape index (κ1) is 12.2. The highest BCUT2D eigenvalue weighted by atomic mass is 16.4. The summed E-state index contributed by atoms with van der Waals surface area (Å²) in [5.41, 5.74) is 0. The Morgan fingerprint density at radius 3 is 3.00 bits per heavy atom. The highest BCUT2D eigenvalue weighted by Gasteiger charge is 2.38. The average Bonchev–Trinajstić information content (AvgIpc) is 2.67. The van der Waals surface area contributed by atoms with Gasteiger partial charge in [0.1, 0.15) is 6.04 Å². The molecule has 2 aliphatic heterocycles. The lowest BCUT2D eigenvalue weighted by Gasteiger charge is -2.39. The molecule has 0 bridgehead atoms. The van der Waals surface area contributed by atoms with Gasteiger partial charge >= 0.3 is 12.0 Å². The number of urea groups is 1. The minimum Gasteiger partial charge on any atom is -0.480 e. The van der Waals surface area contributed by atoms with Gasteiger partial charge < -0.3 is 15.3 Å². The molecule has 0 saturated carbocycles. The van der Waals surface area contributed by atoms with Crippen molar-refractivity contribution in [2.45, 2.75) is 31.8 Å². The van der Waals surface area contributed by atoms with Crippen LogP contribution in [0.5, 0.6) is 0 Å². The number of amides is 2. The summed E-state index contributed by atoms with van der Waals surface area (Å²) >= 11 is 0. The number of carboxylic acid groups (broad SMARTS) is 1. The summed E-state index contributed by atoms with van der Waals surface area (Å²) in [5.74, 6) is -0.752. The Morgan fingerprint density at radius 2 is 2.35 bits per heavy atom. The number of aliphatic carboxylic acids is 1. The van der Waals surface area contributed by atoms with Gasteiger partial charge in [-0.05, 0) is 6.42 Å². The first-order valence-electron chi connectivity index (χ1n) is 6.14. The molecule has 0 spiro atoms. The van der Waals surface area contributed by atoms with E-state index in [1.54, 1.807) is 4.90 Å². The van der Waals surface area contributed by atoms with Crippen LogP contribution in [0.15, 0.2) is 0 Å². The van der Waals surface area contributed by atoms with Crippen molar-refractivity contribution in [3.05, 3.63) is 0 Å². The topological polar surface area (TPSA) is 72.9 Å². The van der Waals surface area contributed by atoms with Gasteiger partial charge in [0.25, 0.3) is 0 Å². The van der Waals surface area contributed by atoms with Gasteiger partial charge in [-0.3, -0.25) is 9.69 Å². The molecule has 2 unspecified atom stereocenters. The first-order chi connectivity index (χ1) is 8.13. The number of carboxylic acids is 1. The van der Waals surface area contributed by atoms with Gasteiger partial charge in [-0.15, -0.1) is 0 Å². The lowest BCUT2D eigenvalue weighted by atomic mass is 10.1. The second-order valence-electron chi connectivity index (χ2n) is 4.67. The van der Waals surface area contributed by atoms with Crippen molar-refractivity contribution in [2.24, 2.45) is 0 Å². The zero-order chi connectivity index (χ0) is 12.4. The Morgan fingerprint density at radius 1 is 1.59 bits per heavy atom. The molecule has 2 amide bonds. The summed E-state index contributed by atoms with van der Waals surface area (Å²) in [6, 6.07) is -0.287. The van der Waals surface area contributed by atoms with Gasteiger partial charge in [-0.2, -0.15) is 0 Å². The summed E-state index contributed by atoms with van der Waals surface area (Å²) < 4.78 is 0. The number of hydrogen-bond acceptors (Lipinski definition) is 3. The van der Waals surface area contributed by atoms with E-state index in [4.69, 9.17) is 0 Å². The Hall–Kier alpha value is -1.30. The highest BCUT2D eigenvalue weighted by molar-refractivity contribution is 5.77. The van der Waals surface area contributed by atoms with Crippen LogP contribution in [0.3, 0.4) is 0 Å². The largest absolute Gasteiger partial charge is 0.480 e. The molecule has 0 aromatic heterocycles. The summed E-state index contributed by atoms with van der Waals surface area (Å²) in [6.07, 6.45) is 1.53. The standard InChI is InChI=1S/C11H19N3O3/c1-2-3-9(10(15)16)13-4-5-14-8(7-13)6-12-11(14)17/h8-9H,2-7H2,1H3,(H,12,17)(H,15,16). The van der Waals surface area contributed by atoms with Crippen LogP contribution in [0, 0.1) is 0 Å². The van der Waals surface area contributed by atoms with Crippen molar-refractivity contribution in [3.8, 4) is 0 Å². The van der Waals surface area contributed by atoms with Gasteiger partial charge in [0.15, 0.2) is 0 Å². The fourth-order valence-corrected chi connectivity index (χ4v) is 2.65. The SMILES string of the molecule is CCCC(C(=O)O)N1CCN2C(=O)NCC2C1. The number of carbonyl (C=O) groups excluding carboxylic acids is 1. The molecule has 2 N–H and O–H groups in total. The number of piperazine rings is 1. The molecule has 2 atom stereocenters. The van der Waals surface area contributed by atoms with Crippen LogP contribution in [0.25, 0.3) is 0 Å². The van der Waals surface area contributed by atoms with E-state index in [2.05, 4.69) is 5.32 Å². The number of nitrogens with zero attached hydrogens (tertiary/aromatic N) is 2. The maximum atomic E-state index is 11.4. The molecular formula is C11H19N3O3. The molecule has 0 aromatic rings. The van der Waals surface area contributed by atoms with E-state index >= 15 is 0 Å². The van der Waals surface area contributed by atoms with Crippen molar-refractivity contribution in [3.63, 3.8) is 0 Å². The van der Waals surface area contributed by atoms with E-state index in [1.165, 1.54) is 0 Å². The van der Waals surface area contributed by atoms with Gasteiger partial charge in [0.05, 0.1) is 6.04 Å². The molecular weight excluding hydrogens is 222 g/mol. The van der Waals surface area contributed by atoms with Crippen molar-refractivity contribution in [2.75, 3.05) is 26.2 Å². The van der Waals surface area contributed by atoms with E-state index < -0.39 is 12.0 Å². The molecule has 2 aliphatic rings. The number of fused-ring (bicyclic) bond motifs is 1. The molecule has 2 saturated heterocycles. The van der Waals surface area contributed by atoms with Crippen molar-refractivity contribution >= 4 is 12.0 Å². The number of rotatable bonds is 4. The number of carbonyl (C=O) groups is 2. The predicted molar refractivity (Wildman–Crippen MR) is 61.8 cm³/mol. The highest BCUT2D eigenvalue weighted by Crippen LogP contribution is 2.18. The van der Waals surface area contributed by atoms with E-state index in [-0.39, 0.29) is 12.1 Å². The third-order valence-corrected chi connectivity index (χ3v) is 3.55. The van der Waals surface area contributed by atoms with Gasteiger partial charge in [-0.1, -0.05) is 13.3 Å². The Labute approximate surface area is 101 Å². The lowest BCUT2D eigenvalue weighted by Crippen LogP contribution is -2.56. The zero-order valence-electron chi connectivity index (χ0n) is 10.1. The van der Waals surface area contributed by atoms with Gasteiger partial charge in [0, 0.05) is 26.2 Å². The van der Waals surface area contributed by atoms with Crippen molar-refractivity contribution in [1.82, 2.24) is 15.1 Å². The summed E-state index contributed by atoms with van der Waals surface area (Å²) in [6.45, 7) is 4.57. The molecule has 0 radical (unpaired) electrons. The normalized spacial score (nSPS) is 26.5. The molecule has 6 nitrogen and oxygen atoms in total. The summed E-state index contributed by atoms with van der Waals surface area (Å²) in [7, 11) is 0. The monoisotopic (exact) mass is 241 g/mol. The lowest BCUT2D eigenvalue weighted by molar-refractivity contribution is -0.144. The average molecular weight is 241 g/mol. The van der Waals surface area contributed by atoms with Crippen molar-refractivity contribution in [1.29, 1.82) is 0 Å². The fraction of sp³-hybridized carbons (Fsp3) is 0.818. The number of hydrogen-bond donors (Lipinski definition) is 2. The predicted octanol–water partition coefficient (Wildman–Crippen LogP) is -0.0509. The van der Waals surface area contributed by atoms with Crippen LogP contribution >= 0.6 is 0 Å². The quantitative estimate of drug-likeness (QED) is 0.723. The van der Waals surface area contributed by atoms with Crippen LogP contribution < -0.4 is 5.32 Å². The van der Waals surface area contributed by atoms with E-state index in [0.29, 0.717) is 32.6 Å². The van der Waals surface area contributed by atoms with E-state index in [1.807, 2.05) is 11.8 Å².